The highest BCUT2D eigenvalue weighted by molar-refractivity contribution is 4.66. The van der Waals surface area contributed by atoms with Crippen molar-refractivity contribution in [2.75, 3.05) is 6.61 Å². The van der Waals surface area contributed by atoms with Crippen molar-refractivity contribution in [2.45, 2.75) is 77.7 Å². The summed E-state index contributed by atoms with van der Waals surface area (Å²) < 4.78 is 0. The smallest absolute Gasteiger partial charge is 0.0587 e. The first-order chi connectivity index (χ1) is 7.76. The van der Waals surface area contributed by atoms with E-state index in [1.807, 2.05) is 6.92 Å². The number of aliphatic hydroxyl groups is 2. The number of hydrogen-bond donors (Lipinski definition) is 2. The van der Waals surface area contributed by atoms with Crippen molar-refractivity contribution in [1.82, 2.24) is 0 Å². The van der Waals surface area contributed by atoms with Gasteiger partial charge in [-0.15, -0.1) is 0 Å². The zero-order chi connectivity index (χ0) is 12.2. The molecule has 2 atom stereocenters. The summed E-state index contributed by atoms with van der Waals surface area (Å²) >= 11 is 0. The zero-order valence-electron chi connectivity index (χ0n) is 11.1. The number of aliphatic hydroxyl groups excluding tert-OH is 2. The lowest BCUT2D eigenvalue weighted by atomic mass is 9.94. The molecule has 0 bridgehead atoms. The molecule has 0 aliphatic heterocycles. The Morgan fingerprint density at radius 3 is 1.94 bits per heavy atom. The van der Waals surface area contributed by atoms with Crippen LogP contribution in [0.15, 0.2) is 0 Å². The van der Waals surface area contributed by atoms with Crippen LogP contribution < -0.4 is 0 Å². The van der Waals surface area contributed by atoms with Gasteiger partial charge in [-0.25, -0.2) is 0 Å². The van der Waals surface area contributed by atoms with Gasteiger partial charge in [-0.3, -0.25) is 0 Å². The fourth-order valence-corrected chi connectivity index (χ4v) is 2.10. The molecule has 0 aromatic heterocycles. The van der Waals surface area contributed by atoms with E-state index in [4.69, 9.17) is 5.11 Å². The zero-order valence-corrected chi connectivity index (χ0v) is 11.1. The Hall–Kier alpha value is -0.0800. The predicted molar refractivity (Wildman–Crippen MR) is 69.5 cm³/mol. The van der Waals surface area contributed by atoms with Crippen molar-refractivity contribution in [3.8, 4) is 0 Å². The molecule has 2 nitrogen and oxygen atoms in total. The molecule has 0 amide bonds. The van der Waals surface area contributed by atoms with Crippen LogP contribution in [0.3, 0.4) is 0 Å². The maximum Gasteiger partial charge on any atom is 0.0587 e. The van der Waals surface area contributed by atoms with E-state index in [1.165, 1.54) is 38.5 Å². The van der Waals surface area contributed by atoms with E-state index in [0.717, 1.165) is 19.3 Å². The van der Waals surface area contributed by atoms with Gasteiger partial charge in [-0.2, -0.15) is 0 Å². The molecule has 16 heavy (non-hydrogen) atoms. The second kappa shape index (κ2) is 11.4. The maximum atomic E-state index is 9.63. The van der Waals surface area contributed by atoms with E-state index < -0.39 is 0 Å². The third-order valence-electron chi connectivity index (χ3n) is 3.38. The molecule has 0 radical (unpaired) electrons. The minimum atomic E-state index is -0.315. The second-order valence-corrected chi connectivity index (χ2v) is 4.83. The van der Waals surface area contributed by atoms with Crippen molar-refractivity contribution in [2.24, 2.45) is 5.92 Å². The monoisotopic (exact) mass is 230 g/mol. The molecule has 0 spiro atoms. The Labute approximate surface area is 101 Å². The minimum absolute atomic E-state index is 0.0978. The topological polar surface area (TPSA) is 40.5 Å². The molecule has 0 fully saturated rings. The Morgan fingerprint density at radius 2 is 1.44 bits per heavy atom. The van der Waals surface area contributed by atoms with Gasteiger partial charge in [0.15, 0.2) is 0 Å². The molecule has 98 valence electrons. The quantitative estimate of drug-likeness (QED) is 0.533. The lowest BCUT2D eigenvalue weighted by molar-refractivity contribution is 0.0582. The Morgan fingerprint density at radius 1 is 0.875 bits per heavy atom. The van der Waals surface area contributed by atoms with Crippen molar-refractivity contribution in [1.29, 1.82) is 0 Å². The lowest BCUT2D eigenvalue weighted by Crippen LogP contribution is -2.22. The first kappa shape index (κ1) is 15.9. The van der Waals surface area contributed by atoms with Crippen molar-refractivity contribution in [3.05, 3.63) is 0 Å². The molecule has 0 aromatic rings. The SMILES string of the molecule is CCCCCCCCCC(CO)C(O)CC. The summed E-state index contributed by atoms with van der Waals surface area (Å²) in [5.41, 5.74) is 0. The lowest BCUT2D eigenvalue weighted by Gasteiger charge is -2.19. The van der Waals surface area contributed by atoms with Crippen LogP contribution in [0, 0.1) is 5.92 Å². The molecule has 2 N–H and O–H groups in total. The van der Waals surface area contributed by atoms with Crippen LogP contribution in [0.4, 0.5) is 0 Å². The van der Waals surface area contributed by atoms with Crippen LogP contribution in [-0.2, 0) is 0 Å². The Kier molecular flexibility index (Phi) is 11.3. The van der Waals surface area contributed by atoms with E-state index >= 15 is 0 Å². The van der Waals surface area contributed by atoms with Crippen LogP contribution in [0.25, 0.3) is 0 Å². The second-order valence-electron chi connectivity index (χ2n) is 4.83. The third-order valence-corrected chi connectivity index (χ3v) is 3.38. The standard InChI is InChI=1S/C14H30O2/c1-3-5-6-7-8-9-10-11-13(12-15)14(16)4-2/h13-16H,3-12H2,1-2H3. The Bertz CT molecular complexity index is 137. The average molecular weight is 230 g/mol. The van der Waals surface area contributed by atoms with Crippen LogP contribution in [0.5, 0.6) is 0 Å². The molecule has 0 aliphatic carbocycles. The van der Waals surface area contributed by atoms with Gasteiger partial charge >= 0.3 is 0 Å². The summed E-state index contributed by atoms with van der Waals surface area (Å²) in [4.78, 5) is 0. The van der Waals surface area contributed by atoms with Gasteiger partial charge in [0, 0.05) is 12.5 Å². The van der Waals surface area contributed by atoms with Gasteiger partial charge in [-0.05, 0) is 12.8 Å². The van der Waals surface area contributed by atoms with Gasteiger partial charge in [0.25, 0.3) is 0 Å². The molecule has 0 aliphatic rings. The fourth-order valence-electron chi connectivity index (χ4n) is 2.10. The van der Waals surface area contributed by atoms with E-state index in [2.05, 4.69) is 6.92 Å². The first-order valence-corrected chi connectivity index (χ1v) is 7.05. The molecule has 0 saturated carbocycles. The predicted octanol–water partition coefficient (Wildman–Crippen LogP) is 3.51. The number of rotatable bonds is 11. The van der Waals surface area contributed by atoms with Crippen LogP contribution in [0.2, 0.25) is 0 Å². The first-order valence-electron chi connectivity index (χ1n) is 7.05. The maximum absolute atomic E-state index is 9.63. The third kappa shape index (κ3) is 8.12. The van der Waals surface area contributed by atoms with E-state index in [9.17, 15) is 5.11 Å². The van der Waals surface area contributed by atoms with Gasteiger partial charge in [0.1, 0.15) is 0 Å². The van der Waals surface area contributed by atoms with E-state index in [-0.39, 0.29) is 18.6 Å². The van der Waals surface area contributed by atoms with Crippen LogP contribution in [0.1, 0.15) is 71.6 Å². The molecular formula is C14H30O2. The summed E-state index contributed by atoms with van der Waals surface area (Å²) in [6.07, 6.45) is 10.5. The minimum Gasteiger partial charge on any atom is -0.396 e. The van der Waals surface area contributed by atoms with Crippen LogP contribution in [-0.4, -0.2) is 22.9 Å². The summed E-state index contributed by atoms with van der Waals surface area (Å²) in [6, 6.07) is 0. The van der Waals surface area contributed by atoms with Gasteiger partial charge in [-0.1, -0.05) is 58.8 Å². The highest BCUT2D eigenvalue weighted by atomic mass is 16.3. The van der Waals surface area contributed by atoms with Gasteiger partial charge < -0.3 is 10.2 Å². The molecule has 2 heteroatoms. The largest absolute Gasteiger partial charge is 0.396 e. The summed E-state index contributed by atoms with van der Waals surface area (Å²) in [7, 11) is 0. The molecule has 0 aromatic carbocycles. The summed E-state index contributed by atoms with van der Waals surface area (Å²) in [6.45, 7) is 4.33. The highest BCUT2D eigenvalue weighted by Crippen LogP contribution is 2.17. The molecule has 2 unspecified atom stereocenters. The van der Waals surface area contributed by atoms with Crippen molar-refractivity contribution < 1.29 is 10.2 Å². The highest BCUT2D eigenvalue weighted by Gasteiger charge is 2.15. The fraction of sp³-hybridized carbons (Fsp3) is 1.00. The van der Waals surface area contributed by atoms with Crippen molar-refractivity contribution >= 4 is 0 Å². The average Bonchev–Trinajstić information content (AvgIpc) is 2.32. The molecular weight excluding hydrogens is 200 g/mol. The molecule has 0 saturated heterocycles. The van der Waals surface area contributed by atoms with Gasteiger partial charge in [0.05, 0.1) is 6.10 Å². The normalized spacial score (nSPS) is 15.0. The molecule has 0 rings (SSSR count). The van der Waals surface area contributed by atoms with E-state index in [1.54, 1.807) is 0 Å². The molecule has 0 heterocycles. The van der Waals surface area contributed by atoms with Crippen molar-refractivity contribution in [3.63, 3.8) is 0 Å². The Balaban J connectivity index is 3.34. The summed E-state index contributed by atoms with van der Waals surface area (Å²) in [5, 5.41) is 18.8. The van der Waals surface area contributed by atoms with Crippen LogP contribution >= 0.6 is 0 Å². The summed E-state index contributed by atoms with van der Waals surface area (Å²) in [5.74, 6) is 0.0978. The van der Waals surface area contributed by atoms with Gasteiger partial charge in [0.2, 0.25) is 0 Å². The number of hydrogen-bond acceptors (Lipinski definition) is 2. The number of unbranched alkanes of at least 4 members (excludes halogenated alkanes) is 6. The van der Waals surface area contributed by atoms with E-state index in [0.29, 0.717) is 0 Å².